The van der Waals surface area contributed by atoms with Crippen molar-refractivity contribution in [3.05, 3.63) is 76.9 Å². The fourth-order valence-electron chi connectivity index (χ4n) is 4.27. The number of anilines is 1. The van der Waals surface area contributed by atoms with E-state index < -0.39 is 0 Å². The molecule has 1 saturated heterocycles. The number of carbonyl (C=O) groups excluding carboxylic acids is 1. The Morgan fingerprint density at radius 3 is 2.32 bits per heavy atom. The van der Waals surface area contributed by atoms with Crippen LogP contribution in [-0.2, 0) is 0 Å². The SMILES string of the molecule is Cc1cccc(N2CCN(C(=O)c3cnn(-c4ccc(F)cc4)c3C(C)C)CC2)c1C. The first-order valence-corrected chi connectivity index (χ1v) is 10.8. The van der Waals surface area contributed by atoms with Crippen LogP contribution in [0, 0.1) is 19.7 Å². The van der Waals surface area contributed by atoms with Crippen molar-refractivity contribution in [3.63, 3.8) is 0 Å². The van der Waals surface area contributed by atoms with Crippen molar-refractivity contribution in [1.82, 2.24) is 14.7 Å². The molecule has 1 fully saturated rings. The predicted octanol–water partition coefficient (Wildman–Crippen LogP) is 4.71. The normalized spacial score (nSPS) is 14.4. The van der Waals surface area contributed by atoms with E-state index in [1.807, 2.05) is 18.7 Å². The van der Waals surface area contributed by atoms with Gasteiger partial charge in [0.2, 0.25) is 0 Å². The fourth-order valence-corrected chi connectivity index (χ4v) is 4.27. The number of rotatable bonds is 4. The number of aryl methyl sites for hydroxylation is 1. The highest BCUT2D eigenvalue weighted by Crippen LogP contribution is 2.27. The van der Waals surface area contributed by atoms with E-state index in [1.165, 1.54) is 28.9 Å². The van der Waals surface area contributed by atoms with E-state index in [-0.39, 0.29) is 17.6 Å². The molecule has 4 rings (SSSR count). The van der Waals surface area contributed by atoms with Crippen molar-refractivity contribution in [2.24, 2.45) is 0 Å². The molecule has 162 valence electrons. The molecular formula is C25H29FN4O. The quantitative estimate of drug-likeness (QED) is 0.614. The third-order valence-electron chi connectivity index (χ3n) is 6.14. The summed E-state index contributed by atoms with van der Waals surface area (Å²) in [7, 11) is 0. The lowest BCUT2D eigenvalue weighted by Crippen LogP contribution is -2.49. The monoisotopic (exact) mass is 420 g/mol. The summed E-state index contributed by atoms with van der Waals surface area (Å²) in [5, 5.41) is 4.47. The molecule has 3 aromatic rings. The van der Waals surface area contributed by atoms with Gasteiger partial charge in [-0.3, -0.25) is 4.79 Å². The van der Waals surface area contributed by atoms with E-state index in [9.17, 15) is 9.18 Å². The van der Waals surface area contributed by atoms with Crippen LogP contribution in [0.25, 0.3) is 5.69 Å². The summed E-state index contributed by atoms with van der Waals surface area (Å²) >= 11 is 0. The zero-order valence-electron chi connectivity index (χ0n) is 18.6. The fraction of sp³-hybridized carbons (Fsp3) is 0.360. The number of nitrogens with zero attached hydrogens (tertiary/aromatic N) is 4. The number of benzene rings is 2. The zero-order valence-corrected chi connectivity index (χ0v) is 18.6. The molecule has 1 amide bonds. The van der Waals surface area contributed by atoms with Gasteiger partial charge >= 0.3 is 0 Å². The third-order valence-corrected chi connectivity index (χ3v) is 6.14. The number of piperazine rings is 1. The Labute approximate surface area is 183 Å². The molecule has 0 N–H and O–H groups in total. The van der Waals surface area contributed by atoms with Crippen LogP contribution in [-0.4, -0.2) is 46.8 Å². The van der Waals surface area contributed by atoms with E-state index in [4.69, 9.17) is 0 Å². The van der Waals surface area contributed by atoms with Crippen LogP contribution in [0.2, 0.25) is 0 Å². The Hall–Kier alpha value is -3.15. The number of amides is 1. The molecule has 31 heavy (non-hydrogen) atoms. The standard InChI is InChI=1S/C25H29FN4O/c1-17(2)24-22(16-27-30(24)21-10-8-20(26)9-11-21)25(31)29-14-12-28(13-15-29)23-7-5-6-18(3)19(23)4/h5-11,16-17H,12-15H2,1-4H3. The topological polar surface area (TPSA) is 41.4 Å². The maximum atomic E-state index is 13.4. The van der Waals surface area contributed by atoms with Gasteiger partial charge in [0, 0.05) is 31.9 Å². The number of hydrogen-bond donors (Lipinski definition) is 0. The molecule has 0 atom stereocenters. The minimum absolute atomic E-state index is 0.0117. The van der Waals surface area contributed by atoms with Crippen LogP contribution in [0.3, 0.4) is 0 Å². The van der Waals surface area contributed by atoms with Crippen LogP contribution in [0.1, 0.15) is 46.9 Å². The first-order valence-electron chi connectivity index (χ1n) is 10.8. The van der Waals surface area contributed by atoms with Gasteiger partial charge in [-0.1, -0.05) is 26.0 Å². The van der Waals surface area contributed by atoms with Crippen molar-refractivity contribution >= 4 is 11.6 Å². The van der Waals surface area contributed by atoms with Crippen molar-refractivity contribution < 1.29 is 9.18 Å². The van der Waals surface area contributed by atoms with Crippen LogP contribution < -0.4 is 4.90 Å². The molecule has 2 aromatic carbocycles. The van der Waals surface area contributed by atoms with E-state index in [0.717, 1.165) is 24.5 Å². The summed E-state index contributed by atoms with van der Waals surface area (Å²) in [6.45, 7) is 11.3. The second kappa shape index (κ2) is 8.53. The second-order valence-electron chi connectivity index (χ2n) is 8.48. The van der Waals surface area contributed by atoms with Gasteiger partial charge in [0.25, 0.3) is 5.91 Å². The average Bonchev–Trinajstić information content (AvgIpc) is 3.21. The molecule has 1 aromatic heterocycles. The summed E-state index contributed by atoms with van der Waals surface area (Å²) in [6.07, 6.45) is 1.65. The summed E-state index contributed by atoms with van der Waals surface area (Å²) in [5.41, 5.74) is 6.06. The summed E-state index contributed by atoms with van der Waals surface area (Å²) in [6, 6.07) is 12.6. The molecule has 0 bridgehead atoms. The van der Waals surface area contributed by atoms with Crippen LogP contribution in [0.15, 0.2) is 48.7 Å². The Morgan fingerprint density at radius 2 is 1.68 bits per heavy atom. The molecule has 0 radical (unpaired) electrons. The Kier molecular flexibility index (Phi) is 5.81. The Morgan fingerprint density at radius 1 is 1.00 bits per heavy atom. The Bertz CT molecular complexity index is 1080. The molecular weight excluding hydrogens is 391 g/mol. The summed E-state index contributed by atoms with van der Waals surface area (Å²) in [5.74, 6) is -0.180. The summed E-state index contributed by atoms with van der Waals surface area (Å²) < 4.78 is 15.1. The highest BCUT2D eigenvalue weighted by molar-refractivity contribution is 5.95. The highest BCUT2D eigenvalue weighted by Gasteiger charge is 2.28. The second-order valence-corrected chi connectivity index (χ2v) is 8.48. The van der Waals surface area contributed by atoms with Crippen molar-refractivity contribution in [1.29, 1.82) is 0 Å². The first kappa shape index (κ1) is 21.1. The van der Waals surface area contributed by atoms with E-state index in [1.54, 1.807) is 23.0 Å². The minimum Gasteiger partial charge on any atom is -0.368 e. The average molecular weight is 421 g/mol. The molecule has 0 unspecified atom stereocenters. The highest BCUT2D eigenvalue weighted by atomic mass is 19.1. The summed E-state index contributed by atoms with van der Waals surface area (Å²) in [4.78, 5) is 17.7. The van der Waals surface area contributed by atoms with Gasteiger partial charge in [0.05, 0.1) is 23.1 Å². The number of carbonyl (C=O) groups is 1. The molecule has 0 saturated carbocycles. The smallest absolute Gasteiger partial charge is 0.257 e. The molecule has 1 aliphatic heterocycles. The van der Waals surface area contributed by atoms with Crippen molar-refractivity contribution in [2.75, 3.05) is 31.1 Å². The van der Waals surface area contributed by atoms with Gasteiger partial charge in [0.1, 0.15) is 5.82 Å². The zero-order chi connectivity index (χ0) is 22.1. The molecule has 6 heteroatoms. The maximum absolute atomic E-state index is 13.4. The van der Waals surface area contributed by atoms with Gasteiger partial charge in [-0.05, 0) is 61.2 Å². The van der Waals surface area contributed by atoms with E-state index in [0.29, 0.717) is 18.7 Å². The van der Waals surface area contributed by atoms with Crippen LogP contribution in [0.5, 0.6) is 0 Å². The number of hydrogen-bond acceptors (Lipinski definition) is 3. The predicted molar refractivity (Wildman–Crippen MR) is 122 cm³/mol. The van der Waals surface area contributed by atoms with Gasteiger partial charge in [-0.15, -0.1) is 0 Å². The molecule has 0 spiro atoms. The van der Waals surface area contributed by atoms with Crippen molar-refractivity contribution in [3.8, 4) is 5.69 Å². The largest absolute Gasteiger partial charge is 0.368 e. The van der Waals surface area contributed by atoms with Gasteiger partial charge in [0.15, 0.2) is 0 Å². The lowest BCUT2D eigenvalue weighted by molar-refractivity contribution is 0.0745. The first-order chi connectivity index (χ1) is 14.9. The van der Waals surface area contributed by atoms with Gasteiger partial charge in [-0.25, -0.2) is 9.07 Å². The van der Waals surface area contributed by atoms with Gasteiger partial charge in [-0.2, -0.15) is 5.10 Å². The minimum atomic E-state index is -0.292. The van der Waals surface area contributed by atoms with Crippen LogP contribution in [0.4, 0.5) is 10.1 Å². The van der Waals surface area contributed by atoms with E-state index >= 15 is 0 Å². The third kappa shape index (κ3) is 4.07. The maximum Gasteiger partial charge on any atom is 0.257 e. The molecule has 2 heterocycles. The van der Waals surface area contributed by atoms with Crippen LogP contribution >= 0.6 is 0 Å². The lowest BCUT2D eigenvalue weighted by Gasteiger charge is -2.37. The number of halogens is 1. The number of aromatic nitrogens is 2. The molecule has 0 aliphatic carbocycles. The molecule has 1 aliphatic rings. The van der Waals surface area contributed by atoms with Gasteiger partial charge < -0.3 is 9.80 Å². The molecule has 5 nitrogen and oxygen atoms in total. The van der Waals surface area contributed by atoms with Crippen molar-refractivity contribution in [2.45, 2.75) is 33.6 Å². The lowest BCUT2D eigenvalue weighted by atomic mass is 10.0. The Balaban J connectivity index is 1.54. The van der Waals surface area contributed by atoms with E-state index in [2.05, 4.69) is 42.0 Å².